The van der Waals surface area contributed by atoms with Crippen molar-refractivity contribution < 1.29 is 18.0 Å². The first kappa shape index (κ1) is 11.5. The highest BCUT2D eigenvalue weighted by Crippen LogP contribution is 2.20. The van der Waals surface area contributed by atoms with Crippen LogP contribution in [0.25, 0.3) is 0 Å². The lowest BCUT2D eigenvalue weighted by Crippen LogP contribution is -2.26. The van der Waals surface area contributed by atoms with E-state index in [4.69, 9.17) is 5.73 Å². The number of hydrogen-bond donors (Lipinski definition) is 2. The Morgan fingerprint density at radius 1 is 1.38 bits per heavy atom. The quantitative estimate of drug-likeness (QED) is 0.605. The van der Waals surface area contributed by atoms with Crippen molar-refractivity contribution in [3.05, 3.63) is 11.8 Å². The summed E-state index contributed by atoms with van der Waals surface area (Å²) in [5.41, 5.74) is 7.39. The van der Waals surface area contributed by atoms with Crippen LogP contribution in [0.4, 0.5) is 13.2 Å². The van der Waals surface area contributed by atoms with Gasteiger partial charge in [-0.25, -0.2) is 0 Å². The fourth-order valence-electron chi connectivity index (χ4n) is 0.475. The highest BCUT2D eigenvalue weighted by Gasteiger charge is 2.31. The number of halogens is 3. The van der Waals surface area contributed by atoms with Gasteiger partial charge in [-0.3, -0.25) is 9.79 Å². The molecule has 0 saturated heterocycles. The van der Waals surface area contributed by atoms with Crippen molar-refractivity contribution in [2.45, 2.75) is 6.18 Å². The number of primary amides is 1. The first-order valence-electron chi connectivity index (χ1n) is 3.10. The molecule has 0 aliphatic rings. The summed E-state index contributed by atoms with van der Waals surface area (Å²) < 4.78 is 35.4. The molecular formula is C6H8F3N3O. The maximum absolute atomic E-state index is 11.8. The number of alkyl halides is 3. The highest BCUT2D eigenvalue weighted by atomic mass is 19.4. The minimum atomic E-state index is -4.68. The molecule has 0 bridgehead atoms. The number of nitrogens with zero attached hydrogens (tertiary/aromatic N) is 1. The van der Waals surface area contributed by atoms with Gasteiger partial charge >= 0.3 is 6.18 Å². The van der Waals surface area contributed by atoms with Crippen LogP contribution in [0, 0.1) is 0 Å². The molecular weight excluding hydrogens is 187 g/mol. The van der Waals surface area contributed by atoms with Gasteiger partial charge in [0, 0.05) is 7.05 Å². The molecule has 0 unspecified atom stereocenters. The standard InChI is InChI=1S/C6H8F3N3O/c1-12-3(5(11)13)2-4(10)6(7,8)9/h2H,10H2,1H3,(H2,11,13)/b4-2-,12-3?. The van der Waals surface area contributed by atoms with Crippen molar-refractivity contribution in [1.82, 2.24) is 0 Å². The average molecular weight is 195 g/mol. The van der Waals surface area contributed by atoms with Gasteiger partial charge < -0.3 is 11.5 Å². The largest absolute Gasteiger partial charge is 0.430 e. The van der Waals surface area contributed by atoms with Crippen molar-refractivity contribution in [3.8, 4) is 0 Å². The zero-order valence-electron chi connectivity index (χ0n) is 6.72. The second kappa shape index (κ2) is 3.92. The molecule has 7 heteroatoms. The van der Waals surface area contributed by atoms with Crippen LogP contribution in [0.3, 0.4) is 0 Å². The Morgan fingerprint density at radius 3 is 2.08 bits per heavy atom. The summed E-state index contributed by atoms with van der Waals surface area (Å²) in [6.07, 6.45) is -4.28. The summed E-state index contributed by atoms with van der Waals surface area (Å²) in [4.78, 5) is 13.6. The Balaban J connectivity index is 4.85. The molecule has 0 aromatic carbocycles. The van der Waals surface area contributed by atoms with Gasteiger partial charge in [-0.1, -0.05) is 0 Å². The SMILES string of the molecule is CN=C(/C=C(\N)C(F)(F)F)C(N)=O. The van der Waals surface area contributed by atoms with E-state index in [1.54, 1.807) is 0 Å². The minimum Gasteiger partial charge on any atom is -0.395 e. The monoisotopic (exact) mass is 195 g/mol. The molecule has 0 aliphatic carbocycles. The summed E-state index contributed by atoms with van der Waals surface area (Å²) in [6.45, 7) is 0. The van der Waals surface area contributed by atoms with E-state index >= 15 is 0 Å². The third kappa shape index (κ3) is 3.59. The predicted molar refractivity (Wildman–Crippen MR) is 40.9 cm³/mol. The Kier molecular flexibility index (Phi) is 3.46. The van der Waals surface area contributed by atoms with Crippen LogP contribution in [0.2, 0.25) is 0 Å². The highest BCUT2D eigenvalue weighted by molar-refractivity contribution is 6.42. The number of carbonyl (C=O) groups excluding carboxylic acids is 1. The van der Waals surface area contributed by atoms with E-state index in [1.807, 2.05) is 0 Å². The predicted octanol–water partition coefficient (Wildman–Crippen LogP) is -0.0526. The van der Waals surface area contributed by atoms with E-state index in [0.717, 1.165) is 7.05 Å². The van der Waals surface area contributed by atoms with Gasteiger partial charge in [-0.05, 0) is 6.08 Å². The van der Waals surface area contributed by atoms with Crippen molar-refractivity contribution in [3.63, 3.8) is 0 Å². The van der Waals surface area contributed by atoms with Gasteiger partial charge in [-0.15, -0.1) is 0 Å². The number of nitrogens with two attached hydrogens (primary N) is 2. The molecule has 0 fully saturated rings. The van der Waals surface area contributed by atoms with E-state index in [1.165, 1.54) is 0 Å². The van der Waals surface area contributed by atoms with Gasteiger partial charge in [0.2, 0.25) is 0 Å². The van der Waals surface area contributed by atoms with Gasteiger partial charge in [0.25, 0.3) is 5.91 Å². The molecule has 13 heavy (non-hydrogen) atoms. The maximum Gasteiger partial charge on any atom is 0.430 e. The molecule has 74 valence electrons. The zero-order valence-corrected chi connectivity index (χ0v) is 6.72. The van der Waals surface area contributed by atoms with Crippen LogP contribution < -0.4 is 11.5 Å². The number of carbonyl (C=O) groups is 1. The van der Waals surface area contributed by atoms with Crippen LogP contribution >= 0.6 is 0 Å². The van der Waals surface area contributed by atoms with Crippen molar-refractivity contribution in [2.24, 2.45) is 16.5 Å². The van der Waals surface area contributed by atoms with E-state index in [2.05, 4.69) is 10.7 Å². The topological polar surface area (TPSA) is 81.5 Å². The summed E-state index contributed by atoms with van der Waals surface area (Å²) in [6, 6.07) is 0. The summed E-state index contributed by atoms with van der Waals surface area (Å²) in [7, 11) is 1.14. The third-order valence-electron chi connectivity index (χ3n) is 1.11. The van der Waals surface area contributed by atoms with Crippen molar-refractivity contribution in [2.75, 3.05) is 7.05 Å². The molecule has 4 nitrogen and oxygen atoms in total. The number of hydrogen-bond acceptors (Lipinski definition) is 3. The summed E-state index contributed by atoms with van der Waals surface area (Å²) >= 11 is 0. The summed E-state index contributed by atoms with van der Waals surface area (Å²) in [5, 5.41) is 0. The van der Waals surface area contributed by atoms with Crippen molar-refractivity contribution >= 4 is 11.6 Å². The molecule has 0 rings (SSSR count). The van der Waals surface area contributed by atoms with Crippen LogP contribution in [-0.4, -0.2) is 24.8 Å². The van der Waals surface area contributed by atoms with Crippen LogP contribution in [0.1, 0.15) is 0 Å². The lowest BCUT2D eigenvalue weighted by Gasteiger charge is -2.05. The third-order valence-corrected chi connectivity index (χ3v) is 1.11. The molecule has 0 aromatic rings. The van der Waals surface area contributed by atoms with E-state index in [0.29, 0.717) is 6.08 Å². The van der Waals surface area contributed by atoms with Crippen LogP contribution in [0.5, 0.6) is 0 Å². The molecule has 0 heterocycles. The number of rotatable bonds is 2. The maximum atomic E-state index is 11.8. The second-order valence-electron chi connectivity index (χ2n) is 2.07. The molecule has 0 atom stereocenters. The fraction of sp³-hybridized carbons (Fsp3) is 0.333. The van der Waals surface area contributed by atoms with Gasteiger partial charge in [-0.2, -0.15) is 13.2 Å². The fourth-order valence-corrected chi connectivity index (χ4v) is 0.475. The molecule has 1 amide bonds. The van der Waals surface area contributed by atoms with Crippen LogP contribution in [0.15, 0.2) is 16.8 Å². The molecule has 0 radical (unpaired) electrons. The Bertz CT molecular complexity index is 267. The second-order valence-corrected chi connectivity index (χ2v) is 2.07. The number of allylic oxidation sites excluding steroid dienone is 1. The first-order valence-corrected chi connectivity index (χ1v) is 3.10. The van der Waals surface area contributed by atoms with Crippen molar-refractivity contribution in [1.29, 1.82) is 0 Å². The van der Waals surface area contributed by atoms with Gasteiger partial charge in [0.15, 0.2) is 0 Å². The Morgan fingerprint density at radius 2 is 1.85 bits per heavy atom. The van der Waals surface area contributed by atoms with Gasteiger partial charge in [0.05, 0.1) is 0 Å². The smallest absolute Gasteiger partial charge is 0.395 e. The van der Waals surface area contributed by atoms with Gasteiger partial charge in [0.1, 0.15) is 11.4 Å². The Hall–Kier alpha value is -1.53. The lowest BCUT2D eigenvalue weighted by atomic mass is 10.3. The van der Waals surface area contributed by atoms with E-state index < -0.39 is 23.5 Å². The molecule has 0 saturated carbocycles. The number of amides is 1. The van der Waals surface area contributed by atoms with E-state index in [9.17, 15) is 18.0 Å². The lowest BCUT2D eigenvalue weighted by molar-refractivity contribution is -0.111. The molecule has 4 N–H and O–H groups in total. The van der Waals surface area contributed by atoms with Crippen LogP contribution in [-0.2, 0) is 4.79 Å². The Labute approximate surface area is 72.1 Å². The van der Waals surface area contributed by atoms with E-state index in [-0.39, 0.29) is 0 Å². The zero-order chi connectivity index (χ0) is 10.6. The normalized spacial score (nSPS) is 14.5. The molecule has 0 aliphatic heterocycles. The number of aliphatic imine (C=N–C) groups is 1. The molecule has 0 spiro atoms. The average Bonchev–Trinajstić information content (AvgIpc) is 1.96. The minimum absolute atomic E-state index is 0.391. The summed E-state index contributed by atoms with van der Waals surface area (Å²) in [5.74, 6) is -1.06. The first-order chi connectivity index (χ1) is 5.79. The molecule has 0 aromatic heterocycles.